The second-order valence-corrected chi connectivity index (χ2v) is 12.2. The van der Waals surface area contributed by atoms with Crippen LogP contribution >= 0.6 is 0 Å². The van der Waals surface area contributed by atoms with Gasteiger partial charge in [-0.3, -0.25) is 9.59 Å². The molecule has 206 valence electrons. The van der Waals surface area contributed by atoms with Crippen LogP contribution in [0.3, 0.4) is 0 Å². The van der Waals surface area contributed by atoms with Crippen LogP contribution in [0.2, 0.25) is 0 Å². The van der Waals surface area contributed by atoms with Gasteiger partial charge in [0.2, 0.25) is 0 Å². The van der Waals surface area contributed by atoms with Crippen molar-refractivity contribution in [2.45, 2.75) is 94.1 Å². The predicted octanol–water partition coefficient (Wildman–Crippen LogP) is 2.14. The van der Waals surface area contributed by atoms with E-state index in [1.165, 1.54) is 6.08 Å². The molecule has 0 unspecified atom stereocenters. The Morgan fingerprint density at radius 3 is 2.63 bits per heavy atom. The third-order valence-electron chi connectivity index (χ3n) is 10.4. The van der Waals surface area contributed by atoms with E-state index < -0.39 is 34.8 Å². The van der Waals surface area contributed by atoms with Gasteiger partial charge in [0.1, 0.15) is 42.7 Å². The Kier molecular flexibility index (Phi) is 5.14. The van der Waals surface area contributed by atoms with Crippen LogP contribution in [0.15, 0.2) is 23.8 Å². The molecular formula is C28H34O10. The van der Waals surface area contributed by atoms with Crippen molar-refractivity contribution in [2.24, 2.45) is 17.3 Å². The number of epoxide rings is 3. The molecule has 0 amide bonds. The normalized spacial score (nSPS) is 46.4. The highest BCUT2D eigenvalue weighted by Crippen LogP contribution is 2.83. The van der Waals surface area contributed by atoms with E-state index in [4.69, 9.17) is 33.2 Å². The molecule has 10 heteroatoms. The number of carbonyl (C=O) groups is 3. The van der Waals surface area contributed by atoms with Crippen LogP contribution in [-0.4, -0.2) is 79.1 Å². The van der Waals surface area contributed by atoms with Gasteiger partial charge >= 0.3 is 17.9 Å². The molecule has 5 fully saturated rings. The number of esters is 3. The van der Waals surface area contributed by atoms with Gasteiger partial charge in [-0.1, -0.05) is 33.4 Å². The zero-order valence-corrected chi connectivity index (χ0v) is 22.0. The molecule has 0 aromatic carbocycles. The second kappa shape index (κ2) is 7.90. The molecule has 4 heterocycles. The molecule has 2 saturated carbocycles. The van der Waals surface area contributed by atoms with E-state index in [0.29, 0.717) is 13.0 Å². The number of rotatable bonds is 9. The lowest BCUT2D eigenvalue weighted by atomic mass is 9.46. The minimum atomic E-state index is -0.706. The first kappa shape index (κ1) is 24.7. The van der Waals surface area contributed by atoms with Crippen LogP contribution in [0, 0.1) is 17.3 Å². The third-order valence-corrected chi connectivity index (χ3v) is 10.4. The molecule has 3 saturated heterocycles. The lowest BCUT2D eigenvalue weighted by Gasteiger charge is -2.54. The number of cyclic esters (lactones) is 1. The number of hydrogen-bond acceptors (Lipinski definition) is 10. The maximum Gasteiger partial charge on any atom is 0.334 e. The molecule has 0 aromatic rings. The summed E-state index contributed by atoms with van der Waals surface area (Å²) in [6.45, 7) is 10.1. The minimum Gasteiger partial charge on any atom is -0.461 e. The van der Waals surface area contributed by atoms with Crippen molar-refractivity contribution in [3.63, 3.8) is 0 Å². The molecule has 7 aliphatic rings. The highest BCUT2D eigenvalue weighted by Gasteiger charge is 3.00. The van der Waals surface area contributed by atoms with Gasteiger partial charge in [-0.2, -0.15) is 0 Å². The summed E-state index contributed by atoms with van der Waals surface area (Å²) < 4.78 is 41.9. The number of fused-ring (bicyclic) bond motifs is 4. The zero-order chi connectivity index (χ0) is 26.7. The maximum absolute atomic E-state index is 12.3. The van der Waals surface area contributed by atoms with Crippen LogP contribution in [0.25, 0.3) is 0 Å². The molecule has 0 aromatic heterocycles. The Balaban J connectivity index is 1.12. The smallest absolute Gasteiger partial charge is 0.334 e. The van der Waals surface area contributed by atoms with E-state index in [2.05, 4.69) is 27.4 Å². The summed E-state index contributed by atoms with van der Waals surface area (Å²) in [6, 6.07) is 0. The third kappa shape index (κ3) is 2.84. The zero-order valence-electron chi connectivity index (χ0n) is 22.0. The van der Waals surface area contributed by atoms with Crippen molar-refractivity contribution in [2.75, 3.05) is 20.0 Å². The van der Waals surface area contributed by atoms with Crippen molar-refractivity contribution in [1.82, 2.24) is 0 Å². The number of ether oxygens (including phenoxy) is 7. The first-order chi connectivity index (χ1) is 18.2. The molecule has 10 nitrogen and oxygen atoms in total. The fourth-order valence-electron chi connectivity index (χ4n) is 8.58. The lowest BCUT2D eigenvalue weighted by Crippen LogP contribution is -2.69. The fraction of sp³-hybridized carbons (Fsp3) is 0.750. The van der Waals surface area contributed by atoms with Gasteiger partial charge in [0, 0.05) is 11.0 Å². The molecule has 4 aliphatic heterocycles. The van der Waals surface area contributed by atoms with E-state index in [0.717, 1.165) is 24.0 Å². The van der Waals surface area contributed by atoms with Crippen molar-refractivity contribution in [3.8, 4) is 0 Å². The average Bonchev–Trinajstić information content (AvgIpc) is 3.79. The molecule has 0 bridgehead atoms. The van der Waals surface area contributed by atoms with Crippen LogP contribution < -0.4 is 0 Å². The van der Waals surface area contributed by atoms with E-state index in [9.17, 15) is 14.4 Å². The molecule has 9 atom stereocenters. The number of carbonyl (C=O) groups excluding carboxylic acids is 3. The number of hydrogen-bond donors (Lipinski definition) is 0. The predicted molar refractivity (Wildman–Crippen MR) is 127 cm³/mol. The van der Waals surface area contributed by atoms with Crippen molar-refractivity contribution in [3.05, 3.63) is 23.8 Å². The van der Waals surface area contributed by atoms with Crippen molar-refractivity contribution >= 4 is 17.9 Å². The van der Waals surface area contributed by atoms with E-state index in [1.54, 1.807) is 0 Å². The minimum absolute atomic E-state index is 0.0746. The molecule has 0 radical (unpaired) electrons. The molecular weight excluding hydrogens is 496 g/mol. The Morgan fingerprint density at radius 1 is 1.13 bits per heavy atom. The summed E-state index contributed by atoms with van der Waals surface area (Å²) in [7, 11) is 0. The van der Waals surface area contributed by atoms with E-state index in [-0.39, 0.29) is 67.8 Å². The van der Waals surface area contributed by atoms with Gasteiger partial charge in [-0.25, -0.2) is 4.79 Å². The molecule has 3 aliphatic carbocycles. The Labute approximate surface area is 220 Å². The fourth-order valence-corrected chi connectivity index (χ4v) is 8.58. The summed E-state index contributed by atoms with van der Waals surface area (Å²) in [5, 5.41) is 0. The Hall–Kier alpha value is -2.27. The standard InChI is InChI=1S/C28H34O10/c1-5-10-32-19(29)6-7-20(30)34-13-35-24-26(14(2)3)21(37-26)22-28(38-22)25(4)9-8-15-16(12-33-23(15)31)17(25)11-18-27(24,28)36-18/h5,14,17-18,21-22,24H,1,6-13H2,2-4H3/t17-,18-,21-,22-,24+,25-,26-,27+,28+/m0/s1. The first-order valence-corrected chi connectivity index (χ1v) is 13.6. The monoisotopic (exact) mass is 530 g/mol. The molecule has 7 rings (SSSR count). The Morgan fingerprint density at radius 2 is 1.89 bits per heavy atom. The maximum atomic E-state index is 12.3. The first-order valence-electron chi connectivity index (χ1n) is 13.6. The summed E-state index contributed by atoms with van der Waals surface area (Å²) >= 11 is 0. The van der Waals surface area contributed by atoms with Crippen molar-refractivity contribution < 1.29 is 47.5 Å². The highest BCUT2D eigenvalue weighted by atomic mass is 16.8. The van der Waals surface area contributed by atoms with Gasteiger partial charge in [-0.15, -0.1) is 0 Å². The summed E-state index contributed by atoms with van der Waals surface area (Å²) in [4.78, 5) is 36.3. The second-order valence-electron chi connectivity index (χ2n) is 12.2. The van der Waals surface area contributed by atoms with Crippen LogP contribution in [0.1, 0.15) is 52.9 Å². The van der Waals surface area contributed by atoms with Gasteiger partial charge < -0.3 is 33.2 Å². The largest absolute Gasteiger partial charge is 0.461 e. The van der Waals surface area contributed by atoms with Gasteiger partial charge in [0.05, 0.1) is 18.9 Å². The quantitative estimate of drug-likeness (QED) is 0.144. The summed E-state index contributed by atoms with van der Waals surface area (Å²) in [5.74, 6) is -0.960. The average molecular weight is 531 g/mol. The van der Waals surface area contributed by atoms with Crippen LogP contribution in [0.5, 0.6) is 0 Å². The van der Waals surface area contributed by atoms with Crippen molar-refractivity contribution in [1.29, 1.82) is 0 Å². The Bertz CT molecular complexity index is 1160. The van der Waals surface area contributed by atoms with Gasteiger partial charge in [0.25, 0.3) is 0 Å². The van der Waals surface area contributed by atoms with Gasteiger partial charge in [-0.05, 0) is 36.7 Å². The van der Waals surface area contributed by atoms with Gasteiger partial charge in [0.15, 0.2) is 12.4 Å². The van der Waals surface area contributed by atoms with Crippen LogP contribution in [0.4, 0.5) is 0 Å². The molecule has 2 spiro atoms. The highest BCUT2D eigenvalue weighted by molar-refractivity contribution is 5.92. The summed E-state index contributed by atoms with van der Waals surface area (Å²) in [6.07, 6.45) is 2.68. The molecule has 38 heavy (non-hydrogen) atoms. The van der Waals surface area contributed by atoms with Crippen LogP contribution in [-0.2, 0) is 47.5 Å². The van der Waals surface area contributed by atoms with E-state index >= 15 is 0 Å². The SMILES string of the molecule is C=CCOC(=O)CCC(=O)OCO[C@@H]1[C@@]2(C(C)C)O[C@H]2[C@@H]2O[C@]23[C@]12O[C@H]2C[C@H]1C2=C(CC[C@@]13C)C(=O)OC2. The topological polar surface area (TPSA) is 126 Å². The molecule has 0 N–H and O–H groups in total. The van der Waals surface area contributed by atoms with E-state index in [1.807, 2.05) is 0 Å². The lowest BCUT2D eigenvalue weighted by molar-refractivity contribution is -0.184. The summed E-state index contributed by atoms with van der Waals surface area (Å²) in [5.41, 5.74) is -0.223.